The van der Waals surface area contributed by atoms with Crippen molar-refractivity contribution in [2.45, 2.75) is 49.5 Å². The summed E-state index contributed by atoms with van der Waals surface area (Å²) in [5.74, 6) is 1.79. The molecule has 3 aromatic rings. The normalized spacial score (nSPS) is 19.2. The molecule has 0 saturated heterocycles. The first kappa shape index (κ1) is 23.4. The highest BCUT2D eigenvalue weighted by Gasteiger charge is 2.34. The molecule has 1 aliphatic heterocycles. The number of sulfonamides is 1. The lowest BCUT2D eigenvalue weighted by Crippen LogP contribution is -2.29. The molecule has 1 heterocycles. The average Bonchev–Trinajstić information content (AvgIpc) is 2.88. The summed E-state index contributed by atoms with van der Waals surface area (Å²) < 4.78 is 39.4. The molecular weight excluding hydrogens is 460 g/mol. The topological polar surface area (TPSA) is 77.0 Å². The summed E-state index contributed by atoms with van der Waals surface area (Å²) in [6.07, 6.45) is 4.57. The number of anilines is 1. The monoisotopic (exact) mass is 490 g/mol. The molecule has 1 saturated carbocycles. The second kappa shape index (κ2) is 9.38. The lowest BCUT2D eigenvalue weighted by Gasteiger charge is -2.35. The SMILES string of the molecule is COc1cc2c(cc1OC)[C@@H]1CCCC[C@@H]1N=C2c1ccc(NS(=O)(=O)c2ccc(C)cc2)cc1. The third kappa shape index (κ3) is 4.52. The van der Waals surface area contributed by atoms with Gasteiger partial charge in [-0.1, -0.05) is 42.7 Å². The lowest BCUT2D eigenvalue weighted by molar-refractivity contribution is 0.349. The van der Waals surface area contributed by atoms with E-state index in [2.05, 4.69) is 10.8 Å². The van der Waals surface area contributed by atoms with Crippen LogP contribution in [0.25, 0.3) is 0 Å². The average molecular weight is 491 g/mol. The zero-order valence-corrected chi connectivity index (χ0v) is 21.1. The van der Waals surface area contributed by atoms with Gasteiger partial charge in [0.05, 0.1) is 30.9 Å². The van der Waals surface area contributed by atoms with Crippen LogP contribution in [-0.2, 0) is 10.0 Å². The van der Waals surface area contributed by atoms with Crippen molar-refractivity contribution in [2.75, 3.05) is 18.9 Å². The van der Waals surface area contributed by atoms with E-state index in [1.807, 2.05) is 25.1 Å². The van der Waals surface area contributed by atoms with Crippen molar-refractivity contribution >= 4 is 21.4 Å². The van der Waals surface area contributed by atoms with Crippen molar-refractivity contribution < 1.29 is 17.9 Å². The van der Waals surface area contributed by atoms with Crippen LogP contribution in [0.1, 0.15) is 53.9 Å². The Labute approximate surface area is 207 Å². The number of rotatable bonds is 6. The van der Waals surface area contributed by atoms with E-state index in [0.29, 0.717) is 17.4 Å². The molecular formula is C28H30N2O4S. The van der Waals surface area contributed by atoms with Gasteiger partial charge in [0.1, 0.15) is 0 Å². The third-order valence-corrected chi connectivity index (χ3v) is 8.37. The van der Waals surface area contributed by atoms with Crippen LogP contribution in [0.3, 0.4) is 0 Å². The number of ether oxygens (including phenoxy) is 2. The van der Waals surface area contributed by atoms with E-state index in [1.54, 1.807) is 50.6 Å². The Morgan fingerprint density at radius 2 is 1.54 bits per heavy atom. The fourth-order valence-corrected chi connectivity index (χ4v) is 6.19. The van der Waals surface area contributed by atoms with Crippen LogP contribution in [0.4, 0.5) is 5.69 Å². The van der Waals surface area contributed by atoms with Gasteiger partial charge in [-0.05, 0) is 61.7 Å². The molecule has 0 bridgehead atoms. The number of fused-ring (bicyclic) bond motifs is 3. The van der Waals surface area contributed by atoms with E-state index < -0.39 is 10.0 Å². The molecule has 1 N–H and O–H groups in total. The number of nitrogens with one attached hydrogen (secondary N) is 1. The summed E-state index contributed by atoms with van der Waals surface area (Å²) in [5, 5.41) is 0. The van der Waals surface area contributed by atoms with E-state index >= 15 is 0 Å². The number of benzene rings is 3. The van der Waals surface area contributed by atoms with Crippen LogP contribution in [0.15, 0.2) is 70.6 Å². The molecule has 182 valence electrons. The van der Waals surface area contributed by atoms with Crippen LogP contribution in [0, 0.1) is 6.92 Å². The highest BCUT2D eigenvalue weighted by atomic mass is 32.2. The number of hydrogen-bond donors (Lipinski definition) is 1. The third-order valence-electron chi connectivity index (χ3n) is 6.98. The van der Waals surface area contributed by atoms with Gasteiger partial charge in [0.15, 0.2) is 11.5 Å². The van der Waals surface area contributed by atoms with Crippen molar-refractivity contribution in [3.05, 3.63) is 82.9 Å². The van der Waals surface area contributed by atoms with Gasteiger partial charge in [0, 0.05) is 22.7 Å². The van der Waals surface area contributed by atoms with E-state index in [9.17, 15) is 8.42 Å². The first-order chi connectivity index (χ1) is 16.9. The Kier molecular flexibility index (Phi) is 6.28. The van der Waals surface area contributed by atoms with Gasteiger partial charge in [-0.3, -0.25) is 9.71 Å². The van der Waals surface area contributed by atoms with Gasteiger partial charge >= 0.3 is 0 Å². The Morgan fingerprint density at radius 1 is 0.886 bits per heavy atom. The Balaban J connectivity index is 1.49. The molecule has 0 amide bonds. The first-order valence-corrected chi connectivity index (χ1v) is 13.4. The number of nitrogens with zero attached hydrogens (tertiary/aromatic N) is 1. The number of hydrogen-bond acceptors (Lipinski definition) is 5. The summed E-state index contributed by atoms with van der Waals surface area (Å²) in [6, 6.07) is 18.6. The molecule has 5 rings (SSSR count). The van der Waals surface area contributed by atoms with E-state index in [0.717, 1.165) is 41.0 Å². The van der Waals surface area contributed by atoms with Crippen molar-refractivity contribution in [3.8, 4) is 11.5 Å². The lowest BCUT2D eigenvalue weighted by atomic mass is 9.75. The fourth-order valence-electron chi connectivity index (χ4n) is 5.13. The number of aryl methyl sites for hydroxylation is 1. The molecule has 0 unspecified atom stereocenters. The van der Waals surface area contributed by atoms with Crippen LogP contribution in [-0.4, -0.2) is 34.4 Å². The Hall–Kier alpha value is -3.32. The molecule has 2 atom stereocenters. The maximum Gasteiger partial charge on any atom is 0.261 e. The number of methoxy groups -OCH3 is 2. The Morgan fingerprint density at radius 3 is 2.23 bits per heavy atom. The predicted octanol–water partition coefficient (Wildman–Crippen LogP) is 5.69. The van der Waals surface area contributed by atoms with Crippen LogP contribution in [0.2, 0.25) is 0 Å². The van der Waals surface area contributed by atoms with E-state index in [4.69, 9.17) is 14.5 Å². The van der Waals surface area contributed by atoms with Crippen LogP contribution in [0.5, 0.6) is 11.5 Å². The van der Waals surface area contributed by atoms with Gasteiger partial charge < -0.3 is 9.47 Å². The fraction of sp³-hybridized carbons (Fsp3) is 0.321. The molecule has 0 radical (unpaired) electrons. The summed E-state index contributed by atoms with van der Waals surface area (Å²) in [6.45, 7) is 1.93. The smallest absolute Gasteiger partial charge is 0.261 e. The van der Waals surface area contributed by atoms with Crippen LogP contribution >= 0.6 is 0 Å². The molecule has 1 aliphatic carbocycles. The Bertz CT molecular complexity index is 1360. The maximum absolute atomic E-state index is 12.8. The van der Waals surface area contributed by atoms with Crippen molar-refractivity contribution in [1.82, 2.24) is 0 Å². The maximum atomic E-state index is 12.8. The minimum absolute atomic E-state index is 0.238. The summed E-state index contributed by atoms with van der Waals surface area (Å²) >= 11 is 0. The molecule has 7 heteroatoms. The van der Waals surface area contributed by atoms with Gasteiger partial charge in [-0.2, -0.15) is 0 Å². The first-order valence-electron chi connectivity index (χ1n) is 11.9. The van der Waals surface area contributed by atoms with Gasteiger partial charge in [0.2, 0.25) is 0 Å². The largest absolute Gasteiger partial charge is 0.493 e. The summed E-state index contributed by atoms with van der Waals surface area (Å²) in [7, 11) is -0.355. The molecule has 0 aromatic heterocycles. The highest BCUT2D eigenvalue weighted by Crippen LogP contribution is 2.44. The second-order valence-electron chi connectivity index (χ2n) is 9.23. The van der Waals surface area contributed by atoms with Gasteiger partial charge in [0.25, 0.3) is 10.0 Å². The summed E-state index contributed by atoms with van der Waals surface area (Å²) in [5.41, 5.74) is 5.68. The second-order valence-corrected chi connectivity index (χ2v) is 10.9. The minimum atomic E-state index is -3.66. The highest BCUT2D eigenvalue weighted by molar-refractivity contribution is 7.92. The zero-order chi connectivity index (χ0) is 24.6. The molecule has 2 aliphatic rings. The van der Waals surface area contributed by atoms with Gasteiger partial charge in [-0.25, -0.2) is 8.42 Å². The standard InChI is InChI=1S/C28H30N2O4S/c1-18-8-14-21(15-9-18)35(31,32)30-20-12-10-19(11-13-20)28-24-17-27(34-3)26(33-2)16-23(24)22-6-4-5-7-25(22)29-28/h8-17,22,25,30H,4-7H2,1-3H3/t22-,25-/m0/s1. The van der Waals surface area contributed by atoms with E-state index in [1.165, 1.54) is 18.4 Å². The number of aliphatic imine (C=N–C) groups is 1. The van der Waals surface area contributed by atoms with Crippen molar-refractivity contribution in [1.29, 1.82) is 0 Å². The predicted molar refractivity (Wildman–Crippen MR) is 139 cm³/mol. The molecule has 6 nitrogen and oxygen atoms in total. The molecule has 35 heavy (non-hydrogen) atoms. The minimum Gasteiger partial charge on any atom is -0.493 e. The summed E-state index contributed by atoms with van der Waals surface area (Å²) in [4.78, 5) is 5.43. The van der Waals surface area contributed by atoms with Crippen LogP contribution < -0.4 is 14.2 Å². The molecule has 1 fully saturated rings. The van der Waals surface area contributed by atoms with E-state index in [-0.39, 0.29) is 10.9 Å². The molecule has 0 spiro atoms. The quantitative estimate of drug-likeness (QED) is 0.482. The molecule has 3 aromatic carbocycles. The van der Waals surface area contributed by atoms with Crippen molar-refractivity contribution in [3.63, 3.8) is 0 Å². The van der Waals surface area contributed by atoms with Gasteiger partial charge in [-0.15, -0.1) is 0 Å². The van der Waals surface area contributed by atoms with Crippen molar-refractivity contribution in [2.24, 2.45) is 4.99 Å². The zero-order valence-electron chi connectivity index (χ0n) is 20.2.